The molecule has 3 rings (SSSR count). The number of rotatable bonds is 5. The van der Waals surface area contributed by atoms with Gasteiger partial charge in [-0.3, -0.25) is 0 Å². The molecule has 7 heteroatoms. The zero-order chi connectivity index (χ0) is 18.7. The molecule has 1 aromatic heterocycles. The number of benzene rings is 2. The monoisotopic (exact) mass is 372 g/mol. The summed E-state index contributed by atoms with van der Waals surface area (Å²) >= 11 is 0. The Bertz CT molecular complexity index is 1120. The molecule has 26 heavy (non-hydrogen) atoms. The van der Waals surface area contributed by atoms with E-state index in [4.69, 9.17) is 13.9 Å². The Kier molecular flexibility index (Phi) is 4.81. The second kappa shape index (κ2) is 7.05. The molecule has 0 radical (unpaired) electrons. The Balaban J connectivity index is 1.99. The van der Waals surface area contributed by atoms with E-state index in [0.29, 0.717) is 22.4 Å². The molecule has 2 aromatic carbocycles. The lowest BCUT2D eigenvalue weighted by molar-refractivity contribution is 0.414. The molecule has 3 aromatic rings. The van der Waals surface area contributed by atoms with E-state index in [-0.39, 0.29) is 5.58 Å². The summed E-state index contributed by atoms with van der Waals surface area (Å²) in [6, 6.07) is 13.0. The summed E-state index contributed by atoms with van der Waals surface area (Å²) in [6.07, 6.45) is 1.41. The van der Waals surface area contributed by atoms with Crippen molar-refractivity contribution in [3.63, 3.8) is 0 Å². The van der Waals surface area contributed by atoms with Crippen LogP contribution in [0, 0.1) is 0 Å². The fourth-order valence-electron chi connectivity index (χ4n) is 2.35. The smallest absolute Gasteiger partial charge is 0.355 e. The minimum absolute atomic E-state index is 0.257. The van der Waals surface area contributed by atoms with Crippen molar-refractivity contribution in [1.82, 2.24) is 0 Å². The van der Waals surface area contributed by atoms with Crippen LogP contribution in [0.1, 0.15) is 5.56 Å². The molecule has 0 saturated carbocycles. The average molecular weight is 372 g/mol. The number of sulfone groups is 1. The van der Waals surface area contributed by atoms with Gasteiger partial charge in [-0.1, -0.05) is 12.1 Å². The average Bonchev–Trinajstić information content (AvgIpc) is 2.65. The maximum atomic E-state index is 12.5. The summed E-state index contributed by atoms with van der Waals surface area (Å²) < 4.78 is 40.3. The van der Waals surface area contributed by atoms with Gasteiger partial charge in [0.1, 0.15) is 17.1 Å². The Labute approximate surface area is 150 Å². The molecule has 0 spiro atoms. The highest BCUT2D eigenvalue weighted by atomic mass is 32.2. The van der Waals surface area contributed by atoms with E-state index in [0.717, 1.165) is 5.41 Å². The minimum Gasteiger partial charge on any atom is -0.497 e. The van der Waals surface area contributed by atoms with Gasteiger partial charge in [0, 0.05) is 16.9 Å². The first-order valence-corrected chi connectivity index (χ1v) is 9.17. The molecular weight excluding hydrogens is 356 g/mol. The molecule has 0 aliphatic carbocycles. The van der Waals surface area contributed by atoms with E-state index >= 15 is 0 Å². The topological polar surface area (TPSA) is 82.8 Å². The summed E-state index contributed by atoms with van der Waals surface area (Å²) in [4.78, 5) is 11.7. The Morgan fingerprint density at radius 2 is 1.58 bits per heavy atom. The Morgan fingerprint density at radius 1 is 0.923 bits per heavy atom. The molecule has 0 N–H and O–H groups in total. The maximum absolute atomic E-state index is 12.5. The normalized spacial score (nSPS) is 11.8. The molecule has 1 heterocycles. The second-order valence-electron chi connectivity index (χ2n) is 5.42. The van der Waals surface area contributed by atoms with Crippen LogP contribution in [0.25, 0.3) is 17.0 Å². The lowest BCUT2D eigenvalue weighted by Crippen LogP contribution is -2.11. The van der Waals surface area contributed by atoms with Crippen LogP contribution in [0.15, 0.2) is 68.0 Å². The molecule has 0 aliphatic rings. The third-order valence-electron chi connectivity index (χ3n) is 3.77. The Hall–Kier alpha value is -3.06. The number of methoxy groups -OCH3 is 2. The molecule has 0 fully saturated rings. The van der Waals surface area contributed by atoms with Crippen molar-refractivity contribution in [2.75, 3.05) is 14.2 Å². The quantitative estimate of drug-likeness (QED) is 0.640. The van der Waals surface area contributed by atoms with Gasteiger partial charge in [-0.15, -0.1) is 0 Å². The zero-order valence-corrected chi connectivity index (χ0v) is 14.9. The molecule has 134 valence electrons. The first kappa shape index (κ1) is 17.8. The summed E-state index contributed by atoms with van der Waals surface area (Å²) in [5, 5.41) is 1.47. The van der Waals surface area contributed by atoms with E-state index in [2.05, 4.69) is 0 Å². The number of ether oxygens (including phenoxy) is 2. The molecule has 0 unspecified atom stereocenters. The van der Waals surface area contributed by atoms with Crippen molar-refractivity contribution in [3.8, 4) is 11.5 Å². The molecule has 0 atom stereocenters. The summed E-state index contributed by atoms with van der Waals surface area (Å²) in [5.74, 6) is 1.17. The van der Waals surface area contributed by atoms with Gasteiger partial charge in [-0.25, -0.2) is 13.2 Å². The predicted octanol–water partition coefficient (Wildman–Crippen LogP) is 3.25. The van der Waals surface area contributed by atoms with Crippen molar-refractivity contribution in [2.24, 2.45) is 0 Å². The maximum Gasteiger partial charge on any atom is 0.355 e. The molecule has 0 bridgehead atoms. The predicted molar refractivity (Wildman–Crippen MR) is 98.2 cm³/mol. The van der Waals surface area contributed by atoms with E-state index in [1.54, 1.807) is 43.5 Å². The van der Waals surface area contributed by atoms with Crippen molar-refractivity contribution in [1.29, 1.82) is 0 Å². The van der Waals surface area contributed by atoms with Crippen LogP contribution in [0.3, 0.4) is 0 Å². The van der Waals surface area contributed by atoms with Gasteiger partial charge >= 0.3 is 5.63 Å². The molecule has 6 nitrogen and oxygen atoms in total. The third kappa shape index (κ3) is 3.62. The largest absolute Gasteiger partial charge is 0.497 e. The number of hydrogen-bond acceptors (Lipinski definition) is 6. The van der Waals surface area contributed by atoms with E-state index < -0.39 is 20.4 Å². The third-order valence-corrected chi connectivity index (χ3v) is 5.17. The van der Waals surface area contributed by atoms with Gasteiger partial charge in [-0.2, -0.15) is 0 Å². The van der Waals surface area contributed by atoms with Crippen molar-refractivity contribution >= 4 is 26.9 Å². The van der Waals surface area contributed by atoms with Crippen LogP contribution in [0.4, 0.5) is 0 Å². The van der Waals surface area contributed by atoms with Gasteiger partial charge in [0.15, 0.2) is 4.90 Å². The fraction of sp³-hybridized carbons (Fsp3) is 0.105. The molecule has 0 amide bonds. The van der Waals surface area contributed by atoms with Gasteiger partial charge < -0.3 is 13.9 Å². The van der Waals surface area contributed by atoms with E-state index in [1.165, 1.54) is 25.3 Å². The van der Waals surface area contributed by atoms with Crippen molar-refractivity contribution in [2.45, 2.75) is 4.90 Å². The highest BCUT2D eigenvalue weighted by Crippen LogP contribution is 2.22. The van der Waals surface area contributed by atoms with Crippen LogP contribution < -0.4 is 15.1 Å². The number of fused-ring (bicyclic) bond motifs is 1. The molecular formula is C19H16O6S. The van der Waals surface area contributed by atoms with Gasteiger partial charge in [0.2, 0.25) is 9.84 Å². The zero-order valence-electron chi connectivity index (χ0n) is 14.1. The highest BCUT2D eigenvalue weighted by molar-refractivity contribution is 7.94. The Morgan fingerprint density at radius 3 is 2.23 bits per heavy atom. The van der Waals surface area contributed by atoms with Crippen molar-refractivity contribution in [3.05, 3.63) is 69.9 Å². The second-order valence-corrected chi connectivity index (χ2v) is 7.22. The summed E-state index contributed by atoms with van der Waals surface area (Å²) in [6.45, 7) is 0. The fourth-order valence-corrected chi connectivity index (χ4v) is 3.40. The summed E-state index contributed by atoms with van der Waals surface area (Å²) in [5.41, 5.74) is -0.0122. The van der Waals surface area contributed by atoms with Crippen molar-refractivity contribution < 1.29 is 22.3 Å². The van der Waals surface area contributed by atoms with Gasteiger partial charge in [0.05, 0.1) is 14.2 Å². The first-order chi connectivity index (χ1) is 12.4. The van der Waals surface area contributed by atoms with E-state index in [9.17, 15) is 13.2 Å². The lowest BCUT2D eigenvalue weighted by atomic mass is 10.2. The van der Waals surface area contributed by atoms with Crippen LogP contribution in [-0.2, 0) is 9.84 Å². The molecule has 0 saturated heterocycles. The van der Waals surface area contributed by atoms with E-state index in [1.807, 2.05) is 0 Å². The SMILES string of the molecule is COc1ccc(/C=C\S(=O)(=O)c2cc3ccc(OC)cc3oc2=O)cc1. The lowest BCUT2D eigenvalue weighted by Gasteiger charge is -2.03. The highest BCUT2D eigenvalue weighted by Gasteiger charge is 2.18. The van der Waals surface area contributed by atoms with Crippen LogP contribution in [0.5, 0.6) is 11.5 Å². The van der Waals surface area contributed by atoms with Crippen LogP contribution in [-0.4, -0.2) is 22.6 Å². The minimum atomic E-state index is -3.96. The van der Waals surface area contributed by atoms with Gasteiger partial charge in [0.25, 0.3) is 0 Å². The van der Waals surface area contributed by atoms with Crippen LogP contribution in [0.2, 0.25) is 0 Å². The van der Waals surface area contributed by atoms with Gasteiger partial charge in [-0.05, 0) is 42.0 Å². The van der Waals surface area contributed by atoms with Crippen LogP contribution >= 0.6 is 0 Å². The standard InChI is InChI=1S/C19H16O6S/c1-23-15-6-3-13(4-7-15)9-10-26(21,22)18-11-14-5-8-16(24-2)12-17(14)25-19(18)20/h3-12H,1-2H3/b10-9-. The first-order valence-electron chi connectivity index (χ1n) is 7.62. The summed E-state index contributed by atoms with van der Waals surface area (Å²) in [7, 11) is -0.928. The molecule has 0 aliphatic heterocycles. The number of hydrogen-bond donors (Lipinski definition) is 0.